The number of ether oxygens (including phenoxy) is 2. The molecule has 0 aromatic heterocycles. The molecular weight excluding hydrogens is 456 g/mol. The Morgan fingerprint density at radius 1 is 0.939 bits per heavy atom. The summed E-state index contributed by atoms with van der Waals surface area (Å²) in [5.74, 6) is 0.907. The first-order chi connectivity index (χ1) is 15.6. The molecule has 4 rings (SSSR count). The van der Waals surface area contributed by atoms with E-state index >= 15 is 0 Å². The van der Waals surface area contributed by atoms with E-state index in [0.29, 0.717) is 16.9 Å². The quantitative estimate of drug-likeness (QED) is 0.328. The first-order valence-corrected chi connectivity index (χ1v) is 13.2. The summed E-state index contributed by atoms with van der Waals surface area (Å²) >= 11 is 1.68. The van der Waals surface area contributed by atoms with Gasteiger partial charge < -0.3 is 9.47 Å². The summed E-state index contributed by atoms with van der Waals surface area (Å²) in [4.78, 5) is 13.9. The highest BCUT2D eigenvalue weighted by atomic mass is 32.2. The van der Waals surface area contributed by atoms with Crippen LogP contribution in [0.3, 0.4) is 0 Å². The molecule has 1 heterocycles. The molecule has 1 aliphatic rings. The van der Waals surface area contributed by atoms with Gasteiger partial charge in [-0.15, -0.1) is 11.8 Å². The van der Waals surface area contributed by atoms with E-state index in [2.05, 4.69) is 12.1 Å². The summed E-state index contributed by atoms with van der Waals surface area (Å²) in [6, 6.07) is 24.1. The van der Waals surface area contributed by atoms with Crippen molar-refractivity contribution >= 4 is 33.1 Å². The molecule has 0 saturated heterocycles. The fourth-order valence-corrected chi connectivity index (χ4v) is 5.16. The molecule has 5 nitrogen and oxygen atoms in total. The third kappa shape index (κ3) is 5.31. The van der Waals surface area contributed by atoms with Gasteiger partial charge in [-0.2, -0.15) is 0 Å². The first-order valence-electron chi connectivity index (χ1n) is 10.4. The summed E-state index contributed by atoms with van der Waals surface area (Å²) in [5.41, 5.74) is 1.55. The fourth-order valence-electron chi connectivity index (χ4n) is 3.63. The zero-order valence-corrected chi connectivity index (χ0v) is 20.2. The van der Waals surface area contributed by atoms with Gasteiger partial charge in [0.2, 0.25) is 5.76 Å². The lowest BCUT2D eigenvalue weighted by molar-refractivity contribution is -0.145. The number of hydrogen-bond acceptors (Lipinski definition) is 6. The molecular formula is C26H24O5S2. The molecule has 170 valence electrons. The van der Waals surface area contributed by atoms with Crippen molar-refractivity contribution in [2.24, 2.45) is 0 Å². The number of rotatable bonds is 7. The molecule has 0 unspecified atom stereocenters. The molecule has 0 N–H and O–H groups in total. The van der Waals surface area contributed by atoms with Crippen LogP contribution in [0.4, 0.5) is 0 Å². The second-order valence-corrected chi connectivity index (χ2v) is 11.3. The zero-order chi connectivity index (χ0) is 23.6. The van der Waals surface area contributed by atoms with Crippen molar-refractivity contribution in [3.05, 3.63) is 95.7 Å². The Balaban J connectivity index is 1.62. The van der Waals surface area contributed by atoms with Gasteiger partial charge in [-0.1, -0.05) is 48.5 Å². The number of benzene rings is 3. The Labute approximate surface area is 198 Å². The van der Waals surface area contributed by atoms with Gasteiger partial charge in [0.25, 0.3) is 0 Å². The molecule has 3 aromatic carbocycles. The van der Waals surface area contributed by atoms with Crippen LogP contribution in [0, 0.1) is 0 Å². The maximum absolute atomic E-state index is 12.7. The SMILES string of the molecule is CC1(C)OC(=O)C(Oc2cccc(SCc3ccccc3)c2)=C1c1ccc(S(C)(=O)=O)cc1. The Kier molecular flexibility index (Phi) is 6.36. The number of carbonyl (C=O) groups is 1. The van der Waals surface area contributed by atoms with E-state index in [9.17, 15) is 13.2 Å². The molecule has 33 heavy (non-hydrogen) atoms. The van der Waals surface area contributed by atoms with Crippen LogP contribution in [0.15, 0.2) is 94.4 Å². The zero-order valence-electron chi connectivity index (χ0n) is 18.6. The van der Waals surface area contributed by atoms with Gasteiger partial charge in [-0.05, 0) is 55.3 Å². The molecule has 0 amide bonds. The van der Waals surface area contributed by atoms with Gasteiger partial charge in [-0.3, -0.25) is 0 Å². The van der Waals surface area contributed by atoms with Crippen molar-refractivity contribution in [2.45, 2.75) is 35.0 Å². The molecule has 0 radical (unpaired) electrons. The van der Waals surface area contributed by atoms with Gasteiger partial charge in [0.1, 0.15) is 11.4 Å². The molecule has 0 aliphatic carbocycles. The molecule has 0 spiro atoms. The van der Waals surface area contributed by atoms with Crippen molar-refractivity contribution in [1.29, 1.82) is 0 Å². The number of hydrogen-bond donors (Lipinski definition) is 0. The number of carbonyl (C=O) groups excluding carboxylic acids is 1. The minimum atomic E-state index is -3.32. The van der Waals surface area contributed by atoms with Gasteiger partial charge in [0.15, 0.2) is 9.84 Å². The number of esters is 1. The Bertz CT molecular complexity index is 1310. The monoisotopic (exact) mass is 480 g/mol. The van der Waals surface area contributed by atoms with Gasteiger partial charge >= 0.3 is 5.97 Å². The predicted molar refractivity (Wildman–Crippen MR) is 130 cm³/mol. The highest BCUT2D eigenvalue weighted by Gasteiger charge is 2.43. The topological polar surface area (TPSA) is 69.7 Å². The second kappa shape index (κ2) is 9.08. The summed E-state index contributed by atoms with van der Waals surface area (Å²) in [6.45, 7) is 3.57. The van der Waals surface area contributed by atoms with Crippen LogP contribution in [-0.4, -0.2) is 26.2 Å². The molecule has 0 atom stereocenters. The summed E-state index contributed by atoms with van der Waals surface area (Å²) in [6.07, 6.45) is 1.16. The van der Waals surface area contributed by atoms with Gasteiger partial charge in [0.05, 0.1) is 10.5 Å². The van der Waals surface area contributed by atoms with Gasteiger partial charge in [-0.25, -0.2) is 13.2 Å². The Morgan fingerprint density at radius 2 is 1.64 bits per heavy atom. The third-order valence-electron chi connectivity index (χ3n) is 5.21. The van der Waals surface area contributed by atoms with E-state index in [0.717, 1.165) is 16.9 Å². The van der Waals surface area contributed by atoms with Crippen LogP contribution in [-0.2, 0) is 25.1 Å². The second-order valence-electron chi connectivity index (χ2n) is 8.25. The Hall–Kier alpha value is -3.03. The lowest BCUT2D eigenvalue weighted by Gasteiger charge is -2.21. The highest BCUT2D eigenvalue weighted by molar-refractivity contribution is 7.98. The first kappa shape index (κ1) is 23.1. The fraction of sp³-hybridized carbons (Fsp3) is 0.192. The maximum atomic E-state index is 12.7. The number of sulfone groups is 1. The van der Waals surface area contributed by atoms with Crippen molar-refractivity contribution in [3.8, 4) is 5.75 Å². The highest BCUT2D eigenvalue weighted by Crippen LogP contribution is 2.41. The molecule has 1 aliphatic heterocycles. The minimum absolute atomic E-state index is 0.109. The summed E-state index contributed by atoms with van der Waals surface area (Å²) in [5, 5.41) is 0. The number of cyclic esters (lactones) is 1. The average Bonchev–Trinajstić information content (AvgIpc) is 3.00. The molecule has 7 heteroatoms. The van der Waals surface area contributed by atoms with Crippen LogP contribution >= 0.6 is 11.8 Å². The van der Waals surface area contributed by atoms with Crippen LogP contribution < -0.4 is 4.74 Å². The van der Waals surface area contributed by atoms with Crippen LogP contribution in [0.1, 0.15) is 25.0 Å². The van der Waals surface area contributed by atoms with E-state index in [1.165, 1.54) is 17.7 Å². The summed E-state index contributed by atoms with van der Waals surface area (Å²) < 4.78 is 35.2. The van der Waals surface area contributed by atoms with Crippen molar-refractivity contribution in [1.82, 2.24) is 0 Å². The van der Waals surface area contributed by atoms with E-state index < -0.39 is 21.4 Å². The normalized spacial score (nSPS) is 15.4. The third-order valence-corrected chi connectivity index (χ3v) is 7.40. The van der Waals surface area contributed by atoms with Crippen molar-refractivity contribution in [3.63, 3.8) is 0 Å². The lowest BCUT2D eigenvalue weighted by atomic mass is 9.92. The van der Waals surface area contributed by atoms with Gasteiger partial charge in [0, 0.05) is 16.9 Å². The minimum Gasteiger partial charge on any atom is -0.449 e. The number of thioether (sulfide) groups is 1. The lowest BCUT2D eigenvalue weighted by Crippen LogP contribution is -2.22. The Morgan fingerprint density at radius 3 is 2.30 bits per heavy atom. The molecule has 3 aromatic rings. The largest absolute Gasteiger partial charge is 0.449 e. The van der Waals surface area contributed by atoms with Crippen LogP contribution in [0.2, 0.25) is 0 Å². The predicted octanol–water partition coefficient (Wildman–Crippen LogP) is 5.51. The van der Waals surface area contributed by atoms with Crippen molar-refractivity contribution < 1.29 is 22.7 Å². The van der Waals surface area contributed by atoms with Crippen LogP contribution in [0.25, 0.3) is 5.57 Å². The van der Waals surface area contributed by atoms with E-state index in [1.54, 1.807) is 43.8 Å². The van der Waals surface area contributed by atoms with E-state index in [-0.39, 0.29) is 10.7 Å². The molecule has 0 saturated carbocycles. The molecule has 0 bridgehead atoms. The molecule has 0 fully saturated rings. The standard InChI is InChI=1S/C26H24O5S2/c1-26(2)23(19-12-14-22(15-13-19)33(3,28)29)24(25(27)31-26)30-20-10-7-11-21(16-20)32-17-18-8-5-4-6-9-18/h4-16H,17H2,1-3H3. The maximum Gasteiger partial charge on any atom is 0.375 e. The van der Waals surface area contributed by atoms with E-state index in [4.69, 9.17) is 9.47 Å². The smallest absolute Gasteiger partial charge is 0.375 e. The summed E-state index contributed by atoms with van der Waals surface area (Å²) in [7, 11) is -3.32. The average molecular weight is 481 g/mol. The van der Waals surface area contributed by atoms with Crippen LogP contribution in [0.5, 0.6) is 5.75 Å². The van der Waals surface area contributed by atoms with Crippen molar-refractivity contribution in [2.75, 3.05) is 6.26 Å². The van der Waals surface area contributed by atoms with E-state index in [1.807, 2.05) is 36.4 Å².